The maximum absolute atomic E-state index is 11.4. The number of rotatable bonds is 16. The summed E-state index contributed by atoms with van der Waals surface area (Å²) in [7, 11) is 0. The maximum Gasteiger partial charge on any atom is 0.303 e. The summed E-state index contributed by atoms with van der Waals surface area (Å²) in [6, 6.07) is 0. The number of hydrogen-bond donors (Lipinski definition) is 2. The molecule has 29 heavy (non-hydrogen) atoms. The van der Waals surface area contributed by atoms with Crippen LogP contribution in [0.2, 0.25) is 0 Å². The van der Waals surface area contributed by atoms with Gasteiger partial charge in [-0.2, -0.15) is 0 Å². The van der Waals surface area contributed by atoms with Gasteiger partial charge < -0.3 is 14.9 Å². The molecule has 0 amide bonds. The van der Waals surface area contributed by atoms with Crippen LogP contribution in [0.25, 0.3) is 0 Å². The van der Waals surface area contributed by atoms with Crippen molar-refractivity contribution < 1.29 is 24.5 Å². The molecular formula is C24H40O5. The molecule has 0 aromatic heterocycles. The van der Waals surface area contributed by atoms with Crippen LogP contribution in [0, 0.1) is 11.8 Å². The van der Waals surface area contributed by atoms with Crippen molar-refractivity contribution in [2.24, 2.45) is 11.8 Å². The molecule has 4 unspecified atom stereocenters. The van der Waals surface area contributed by atoms with Gasteiger partial charge in [-0.3, -0.25) is 9.59 Å². The number of hydrogen-bond acceptors (Lipinski definition) is 4. The van der Waals surface area contributed by atoms with Crippen LogP contribution in [-0.4, -0.2) is 34.4 Å². The molecule has 0 bridgehead atoms. The van der Waals surface area contributed by atoms with Crippen molar-refractivity contribution in [3.63, 3.8) is 0 Å². The van der Waals surface area contributed by atoms with Crippen LogP contribution < -0.4 is 0 Å². The van der Waals surface area contributed by atoms with Gasteiger partial charge >= 0.3 is 11.9 Å². The van der Waals surface area contributed by atoms with E-state index in [1.54, 1.807) is 0 Å². The van der Waals surface area contributed by atoms with Gasteiger partial charge in [-0.25, -0.2) is 0 Å². The molecule has 0 radical (unpaired) electrons. The van der Waals surface area contributed by atoms with E-state index in [0.29, 0.717) is 18.8 Å². The molecular weight excluding hydrogens is 368 g/mol. The van der Waals surface area contributed by atoms with Gasteiger partial charge in [0.05, 0.1) is 6.10 Å². The van der Waals surface area contributed by atoms with Gasteiger partial charge in [0.2, 0.25) is 0 Å². The first-order valence-corrected chi connectivity index (χ1v) is 11.4. The largest absolute Gasteiger partial charge is 0.481 e. The normalized spacial score (nSPS) is 21.2. The number of ether oxygens (including phenoxy) is 1. The predicted octanol–water partition coefficient (Wildman–Crippen LogP) is 5.42. The van der Waals surface area contributed by atoms with Crippen molar-refractivity contribution in [3.05, 3.63) is 24.3 Å². The Kier molecular flexibility index (Phi) is 13.4. The lowest BCUT2D eigenvalue weighted by molar-refractivity contribution is -0.152. The average molecular weight is 409 g/mol. The van der Waals surface area contributed by atoms with E-state index in [1.165, 1.54) is 39.0 Å². The molecule has 1 fully saturated rings. The number of carbonyl (C=O) groups excluding carboxylic acids is 1. The Labute approximate surface area is 176 Å². The number of esters is 1. The first-order chi connectivity index (χ1) is 13.9. The predicted molar refractivity (Wildman–Crippen MR) is 116 cm³/mol. The second kappa shape index (κ2) is 15.3. The number of unbranched alkanes of at least 4 members (excludes halogenated alkanes) is 5. The minimum absolute atomic E-state index is 0.101. The molecule has 5 nitrogen and oxygen atoms in total. The molecule has 166 valence electrons. The number of carboxylic acid groups (broad SMARTS) is 1. The lowest BCUT2D eigenvalue weighted by atomic mass is 9.69. The SMILES string of the molecule is CCCCCCCCC(O)/C=C/C=C/C1CCC1C(CCCC(=O)O)OC(C)=O. The minimum atomic E-state index is -0.818. The summed E-state index contributed by atoms with van der Waals surface area (Å²) >= 11 is 0. The Morgan fingerprint density at radius 1 is 1.03 bits per heavy atom. The number of aliphatic carboxylic acids is 1. The molecule has 0 aliphatic heterocycles. The zero-order chi connectivity index (χ0) is 21.5. The Hall–Kier alpha value is -1.62. The van der Waals surface area contributed by atoms with E-state index in [2.05, 4.69) is 13.0 Å². The van der Waals surface area contributed by atoms with Gasteiger partial charge in [0.15, 0.2) is 0 Å². The van der Waals surface area contributed by atoms with Gasteiger partial charge in [-0.05, 0) is 38.0 Å². The second-order valence-corrected chi connectivity index (χ2v) is 8.23. The molecule has 5 heteroatoms. The molecule has 1 aliphatic rings. The maximum atomic E-state index is 11.4. The third kappa shape index (κ3) is 11.8. The molecule has 0 spiro atoms. The summed E-state index contributed by atoms with van der Waals surface area (Å²) in [5, 5.41) is 18.9. The van der Waals surface area contributed by atoms with E-state index in [0.717, 1.165) is 25.7 Å². The summed E-state index contributed by atoms with van der Waals surface area (Å²) < 4.78 is 5.47. The van der Waals surface area contributed by atoms with Crippen molar-refractivity contribution in [3.8, 4) is 0 Å². The highest BCUT2D eigenvalue weighted by Crippen LogP contribution is 2.40. The summed E-state index contributed by atoms with van der Waals surface area (Å²) in [6.45, 7) is 3.62. The summed E-state index contributed by atoms with van der Waals surface area (Å²) in [6.07, 6.45) is 18.6. The first-order valence-electron chi connectivity index (χ1n) is 11.4. The molecule has 4 atom stereocenters. The van der Waals surface area contributed by atoms with Gasteiger partial charge in [0.1, 0.15) is 6.10 Å². The average Bonchev–Trinajstić information content (AvgIpc) is 2.62. The molecule has 0 heterocycles. The van der Waals surface area contributed by atoms with Gasteiger partial charge in [-0.1, -0.05) is 69.8 Å². The van der Waals surface area contributed by atoms with E-state index >= 15 is 0 Å². The highest BCUT2D eigenvalue weighted by molar-refractivity contribution is 5.67. The quantitative estimate of drug-likeness (QED) is 0.202. The van der Waals surface area contributed by atoms with Crippen LogP contribution in [0.4, 0.5) is 0 Å². The number of aliphatic hydroxyl groups excluding tert-OH is 1. The fraction of sp³-hybridized carbons (Fsp3) is 0.750. The molecule has 0 aromatic carbocycles. The fourth-order valence-corrected chi connectivity index (χ4v) is 3.91. The number of allylic oxidation sites excluding steroid dienone is 3. The van der Waals surface area contributed by atoms with Crippen LogP contribution in [0.1, 0.15) is 90.9 Å². The van der Waals surface area contributed by atoms with Crippen molar-refractivity contribution in [2.45, 2.75) is 103 Å². The van der Waals surface area contributed by atoms with Crippen molar-refractivity contribution >= 4 is 11.9 Å². The Balaban J connectivity index is 2.35. The highest BCUT2D eigenvalue weighted by Gasteiger charge is 2.36. The number of carbonyl (C=O) groups is 2. The van der Waals surface area contributed by atoms with Gasteiger partial charge in [0, 0.05) is 19.3 Å². The topological polar surface area (TPSA) is 83.8 Å². The lowest BCUT2D eigenvalue weighted by Crippen LogP contribution is -2.37. The van der Waals surface area contributed by atoms with E-state index in [9.17, 15) is 14.7 Å². The zero-order valence-corrected chi connectivity index (χ0v) is 18.2. The molecule has 1 saturated carbocycles. The number of carboxylic acids is 1. The van der Waals surface area contributed by atoms with Crippen LogP contribution >= 0.6 is 0 Å². The van der Waals surface area contributed by atoms with E-state index in [4.69, 9.17) is 9.84 Å². The Bertz CT molecular complexity index is 525. The van der Waals surface area contributed by atoms with Crippen LogP contribution in [0.15, 0.2) is 24.3 Å². The third-order valence-electron chi connectivity index (χ3n) is 5.71. The number of aliphatic hydroxyl groups is 1. The van der Waals surface area contributed by atoms with Gasteiger partial charge in [0.25, 0.3) is 0 Å². The van der Waals surface area contributed by atoms with Crippen molar-refractivity contribution in [2.75, 3.05) is 0 Å². The smallest absolute Gasteiger partial charge is 0.303 e. The van der Waals surface area contributed by atoms with E-state index in [-0.39, 0.29) is 24.4 Å². The fourth-order valence-electron chi connectivity index (χ4n) is 3.91. The monoisotopic (exact) mass is 408 g/mol. The second-order valence-electron chi connectivity index (χ2n) is 8.23. The van der Waals surface area contributed by atoms with E-state index in [1.807, 2.05) is 18.2 Å². The van der Waals surface area contributed by atoms with Crippen LogP contribution in [-0.2, 0) is 14.3 Å². The van der Waals surface area contributed by atoms with Crippen molar-refractivity contribution in [1.82, 2.24) is 0 Å². The van der Waals surface area contributed by atoms with Crippen LogP contribution in [0.5, 0.6) is 0 Å². The molecule has 0 saturated heterocycles. The standard InChI is InChI=1S/C24H40O5/c1-3-4-5-6-7-8-13-21(26)14-10-9-12-20-17-18-22(20)23(29-19(2)25)15-11-16-24(27)28/h9-10,12,14,20-23,26H,3-8,11,13,15-18H2,1-2H3,(H,27,28)/b12-9+,14-10+. The molecule has 2 N–H and O–H groups in total. The first kappa shape index (κ1) is 25.4. The Morgan fingerprint density at radius 3 is 2.38 bits per heavy atom. The van der Waals surface area contributed by atoms with E-state index < -0.39 is 12.1 Å². The lowest BCUT2D eigenvalue weighted by Gasteiger charge is -2.39. The molecule has 0 aromatic rings. The summed E-state index contributed by atoms with van der Waals surface area (Å²) in [5.41, 5.74) is 0. The summed E-state index contributed by atoms with van der Waals surface area (Å²) in [4.78, 5) is 22.1. The zero-order valence-electron chi connectivity index (χ0n) is 18.2. The Morgan fingerprint density at radius 2 is 1.76 bits per heavy atom. The molecule has 1 rings (SSSR count). The highest BCUT2D eigenvalue weighted by atomic mass is 16.5. The van der Waals surface area contributed by atoms with Crippen LogP contribution in [0.3, 0.4) is 0 Å². The minimum Gasteiger partial charge on any atom is -0.481 e. The summed E-state index contributed by atoms with van der Waals surface area (Å²) in [5.74, 6) is -0.533. The molecule has 1 aliphatic carbocycles. The van der Waals surface area contributed by atoms with Crippen molar-refractivity contribution in [1.29, 1.82) is 0 Å². The third-order valence-corrected chi connectivity index (χ3v) is 5.71. The van der Waals surface area contributed by atoms with Gasteiger partial charge in [-0.15, -0.1) is 0 Å².